The number of rotatable bonds is 3. The van der Waals surface area contributed by atoms with Crippen molar-refractivity contribution in [2.45, 2.75) is 6.54 Å². The number of hydrogen-bond donors (Lipinski definition) is 1. The van der Waals surface area contributed by atoms with Crippen LogP contribution in [0, 0.1) is 0 Å². The summed E-state index contributed by atoms with van der Waals surface area (Å²) in [5.41, 5.74) is 0.683. The Bertz CT molecular complexity index is 462. The summed E-state index contributed by atoms with van der Waals surface area (Å²) in [5.74, 6) is 0. The lowest BCUT2D eigenvalue weighted by Gasteiger charge is -2.09. The molecule has 1 heterocycles. The number of thiazole rings is 1. The maximum absolute atomic E-state index is 6.03. The van der Waals surface area contributed by atoms with Gasteiger partial charge in [-0.1, -0.05) is 34.8 Å². The van der Waals surface area contributed by atoms with Crippen molar-refractivity contribution < 1.29 is 0 Å². The van der Waals surface area contributed by atoms with Gasteiger partial charge in [-0.2, -0.15) is 0 Å². The monoisotopic (exact) mass is 292 g/mol. The summed E-state index contributed by atoms with van der Waals surface area (Å²) in [7, 11) is 0. The van der Waals surface area contributed by atoms with Gasteiger partial charge >= 0.3 is 0 Å². The SMILES string of the molecule is Clc1cc(Cl)c(NCc2nccs2)c(Cl)c1. The van der Waals surface area contributed by atoms with Crippen LogP contribution in [0.25, 0.3) is 0 Å². The highest BCUT2D eigenvalue weighted by Crippen LogP contribution is 2.33. The minimum absolute atomic E-state index is 0.508. The van der Waals surface area contributed by atoms with Crippen molar-refractivity contribution in [1.82, 2.24) is 4.98 Å². The van der Waals surface area contributed by atoms with Gasteiger partial charge in [0.05, 0.1) is 22.3 Å². The highest BCUT2D eigenvalue weighted by atomic mass is 35.5. The van der Waals surface area contributed by atoms with Gasteiger partial charge in [0.1, 0.15) is 5.01 Å². The zero-order valence-corrected chi connectivity index (χ0v) is 11.1. The second-order valence-electron chi connectivity index (χ2n) is 3.02. The van der Waals surface area contributed by atoms with E-state index in [9.17, 15) is 0 Å². The largest absolute Gasteiger partial charge is 0.376 e. The van der Waals surface area contributed by atoms with E-state index >= 15 is 0 Å². The lowest BCUT2D eigenvalue weighted by atomic mass is 10.3. The summed E-state index contributed by atoms with van der Waals surface area (Å²) in [6, 6.07) is 3.30. The molecular formula is C10H7Cl3N2S. The molecule has 0 aliphatic heterocycles. The minimum atomic E-state index is 0.508. The highest BCUT2D eigenvalue weighted by Gasteiger charge is 2.07. The van der Waals surface area contributed by atoms with Crippen LogP contribution in [0.5, 0.6) is 0 Å². The Hall–Kier alpha value is -0.480. The summed E-state index contributed by atoms with van der Waals surface area (Å²) in [6.45, 7) is 0.596. The Morgan fingerprint density at radius 1 is 1.19 bits per heavy atom. The van der Waals surface area contributed by atoms with Gasteiger partial charge in [-0.3, -0.25) is 0 Å². The standard InChI is InChI=1S/C10H7Cl3N2S/c11-6-3-7(12)10(8(13)4-6)15-5-9-14-1-2-16-9/h1-4,15H,5H2. The third-order valence-electron chi connectivity index (χ3n) is 1.91. The third-order valence-corrected chi connectivity index (χ3v) is 3.50. The second-order valence-corrected chi connectivity index (χ2v) is 5.25. The van der Waals surface area contributed by atoms with E-state index in [4.69, 9.17) is 34.8 Å². The van der Waals surface area contributed by atoms with Crippen molar-refractivity contribution in [1.29, 1.82) is 0 Å². The number of halogens is 3. The van der Waals surface area contributed by atoms with Crippen molar-refractivity contribution in [2.75, 3.05) is 5.32 Å². The van der Waals surface area contributed by atoms with Crippen molar-refractivity contribution in [2.24, 2.45) is 0 Å². The zero-order chi connectivity index (χ0) is 11.5. The van der Waals surface area contributed by atoms with Crippen LogP contribution in [0.15, 0.2) is 23.7 Å². The van der Waals surface area contributed by atoms with E-state index in [-0.39, 0.29) is 0 Å². The van der Waals surface area contributed by atoms with Crippen LogP contribution >= 0.6 is 46.1 Å². The van der Waals surface area contributed by atoms with Crippen molar-refractivity contribution in [3.63, 3.8) is 0 Å². The molecule has 0 aliphatic carbocycles. The van der Waals surface area contributed by atoms with Crippen LogP contribution < -0.4 is 5.32 Å². The van der Waals surface area contributed by atoms with Crippen molar-refractivity contribution in [3.05, 3.63) is 43.8 Å². The van der Waals surface area contributed by atoms with Gasteiger partial charge in [-0.15, -0.1) is 11.3 Å². The van der Waals surface area contributed by atoms with E-state index in [1.165, 1.54) is 0 Å². The number of anilines is 1. The van der Waals surface area contributed by atoms with Crippen molar-refractivity contribution >= 4 is 51.8 Å². The number of nitrogens with zero attached hydrogens (tertiary/aromatic N) is 1. The molecule has 0 unspecified atom stereocenters. The molecule has 1 aromatic heterocycles. The Morgan fingerprint density at radius 3 is 2.44 bits per heavy atom. The molecule has 2 nitrogen and oxygen atoms in total. The second kappa shape index (κ2) is 5.23. The predicted octanol–water partition coefficient (Wildman–Crippen LogP) is 4.72. The smallest absolute Gasteiger partial charge is 0.112 e. The minimum Gasteiger partial charge on any atom is -0.376 e. The molecule has 0 saturated heterocycles. The summed E-state index contributed by atoms with van der Waals surface area (Å²) in [6.07, 6.45) is 1.76. The average Bonchev–Trinajstić information content (AvgIpc) is 2.68. The van der Waals surface area contributed by atoms with Gasteiger partial charge in [-0.25, -0.2) is 4.98 Å². The molecule has 1 N–H and O–H groups in total. The molecule has 0 bridgehead atoms. The van der Waals surface area contributed by atoms with E-state index in [1.54, 1.807) is 29.7 Å². The fourth-order valence-electron chi connectivity index (χ4n) is 1.22. The average molecular weight is 294 g/mol. The van der Waals surface area contributed by atoms with E-state index in [0.29, 0.717) is 27.3 Å². The maximum atomic E-state index is 6.03. The van der Waals surface area contributed by atoms with Crippen LogP contribution in [0.3, 0.4) is 0 Å². The summed E-state index contributed by atoms with van der Waals surface area (Å²) in [5, 5.41) is 7.57. The molecule has 6 heteroatoms. The van der Waals surface area contributed by atoms with Gasteiger partial charge in [0.15, 0.2) is 0 Å². The third kappa shape index (κ3) is 2.80. The fourth-order valence-corrected chi connectivity index (χ4v) is 2.72. The lowest BCUT2D eigenvalue weighted by molar-refractivity contribution is 1.10. The Morgan fingerprint density at radius 2 is 1.88 bits per heavy atom. The van der Waals surface area contributed by atoms with Gasteiger partial charge < -0.3 is 5.32 Å². The first-order valence-electron chi connectivity index (χ1n) is 4.43. The molecular weight excluding hydrogens is 287 g/mol. The van der Waals surface area contributed by atoms with Crippen molar-refractivity contribution in [3.8, 4) is 0 Å². The maximum Gasteiger partial charge on any atom is 0.112 e. The molecule has 0 amide bonds. The summed E-state index contributed by atoms with van der Waals surface area (Å²) < 4.78 is 0. The highest BCUT2D eigenvalue weighted by molar-refractivity contribution is 7.09. The molecule has 1 aromatic carbocycles. The summed E-state index contributed by atoms with van der Waals surface area (Å²) >= 11 is 19.4. The van der Waals surface area contributed by atoms with Gasteiger partial charge in [0.2, 0.25) is 0 Å². The molecule has 84 valence electrons. The summed E-state index contributed by atoms with van der Waals surface area (Å²) in [4.78, 5) is 4.15. The first kappa shape index (κ1) is 12.0. The topological polar surface area (TPSA) is 24.9 Å². The van der Waals surface area contributed by atoms with Crippen LogP contribution in [-0.2, 0) is 6.54 Å². The molecule has 2 aromatic rings. The lowest BCUT2D eigenvalue weighted by Crippen LogP contribution is -2.00. The van der Waals surface area contributed by atoms with Gasteiger partial charge in [0, 0.05) is 16.6 Å². The van der Waals surface area contributed by atoms with Gasteiger partial charge in [0.25, 0.3) is 0 Å². The molecule has 0 fully saturated rings. The Balaban J connectivity index is 2.15. The quantitative estimate of drug-likeness (QED) is 0.886. The Kier molecular flexibility index (Phi) is 3.92. The molecule has 0 spiro atoms. The van der Waals surface area contributed by atoms with Crippen LogP contribution in [-0.4, -0.2) is 4.98 Å². The Labute approximate surface area is 112 Å². The first-order chi connectivity index (χ1) is 7.66. The zero-order valence-electron chi connectivity index (χ0n) is 8.01. The number of benzene rings is 1. The van der Waals surface area contributed by atoms with Crippen LogP contribution in [0.2, 0.25) is 15.1 Å². The van der Waals surface area contributed by atoms with Crippen LogP contribution in [0.1, 0.15) is 5.01 Å². The molecule has 0 radical (unpaired) electrons. The molecule has 0 aliphatic rings. The molecule has 0 atom stereocenters. The number of hydrogen-bond acceptors (Lipinski definition) is 3. The van der Waals surface area contributed by atoms with E-state index in [0.717, 1.165) is 5.01 Å². The number of aromatic nitrogens is 1. The first-order valence-corrected chi connectivity index (χ1v) is 6.45. The normalized spacial score (nSPS) is 10.4. The van der Waals surface area contributed by atoms with E-state index in [2.05, 4.69) is 10.3 Å². The molecule has 16 heavy (non-hydrogen) atoms. The van der Waals surface area contributed by atoms with E-state index < -0.39 is 0 Å². The van der Waals surface area contributed by atoms with E-state index in [1.807, 2.05) is 5.38 Å². The predicted molar refractivity (Wildman–Crippen MR) is 70.9 cm³/mol. The molecule has 2 rings (SSSR count). The fraction of sp³-hybridized carbons (Fsp3) is 0.100. The number of nitrogens with one attached hydrogen (secondary N) is 1. The van der Waals surface area contributed by atoms with Gasteiger partial charge in [-0.05, 0) is 12.1 Å². The van der Waals surface area contributed by atoms with Crippen LogP contribution in [0.4, 0.5) is 5.69 Å². The molecule has 0 saturated carbocycles.